The SMILES string of the molecule is O=C/C(Br)=C/O. The molecule has 0 heterocycles. The molecule has 2 nitrogen and oxygen atoms in total. The van der Waals surface area contributed by atoms with Crippen molar-refractivity contribution in [2.45, 2.75) is 0 Å². The van der Waals surface area contributed by atoms with E-state index in [1.807, 2.05) is 0 Å². The summed E-state index contributed by atoms with van der Waals surface area (Å²) in [6.07, 6.45) is 1.19. The number of aliphatic hydroxyl groups is 1. The fourth-order valence-corrected chi connectivity index (χ4v) is 0.0304. The van der Waals surface area contributed by atoms with E-state index in [9.17, 15) is 4.79 Å². The quantitative estimate of drug-likeness (QED) is 0.344. The topological polar surface area (TPSA) is 37.3 Å². The predicted molar refractivity (Wildman–Crippen MR) is 25.7 cm³/mol. The molecule has 0 aromatic carbocycles. The molecule has 0 fully saturated rings. The number of aldehydes is 1. The average molecular weight is 151 g/mol. The summed E-state index contributed by atoms with van der Waals surface area (Å²) in [7, 11) is 0. The van der Waals surface area contributed by atoms with Crippen LogP contribution in [-0.2, 0) is 4.79 Å². The van der Waals surface area contributed by atoms with Crippen molar-refractivity contribution >= 4 is 22.2 Å². The Morgan fingerprint density at radius 1 is 1.83 bits per heavy atom. The number of aliphatic hydroxyl groups excluding tert-OH is 1. The highest BCUT2D eigenvalue weighted by Gasteiger charge is 1.78. The number of carbonyl (C=O) groups excluding carboxylic acids is 1. The van der Waals surface area contributed by atoms with Crippen LogP contribution in [0.3, 0.4) is 0 Å². The zero-order chi connectivity index (χ0) is 4.99. The van der Waals surface area contributed by atoms with Gasteiger partial charge in [0.1, 0.15) is 0 Å². The van der Waals surface area contributed by atoms with Crippen LogP contribution in [0.25, 0.3) is 0 Å². The lowest BCUT2D eigenvalue weighted by atomic mass is 10.7. The Kier molecular flexibility index (Phi) is 2.75. The Balaban J connectivity index is 3.50. The van der Waals surface area contributed by atoms with Gasteiger partial charge in [0.2, 0.25) is 0 Å². The molecule has 0 radical (unpaired) electrons. The molecule has 0 aromatic rings. The van der Waals surface area contributed by atoms with E-state index in [4.69, 9.17) is 5.11 Å². The fraction of sp³-hybridized carbons (Fsp3) is 0. The van der Waals surface area contributed by atoms with Gasteiger partial charge < -0.3 is 5.11 Å². The molecule has 0 aliphatic carbocycles. The molecule has 0 saturated carbocycles. The maximum absolute atomic E-state index is 9.46. The van der Waals surface area contributed by atoms with Gasteiger partial charge in [0.15, 0.2) is 6.29 Å². The molecular weight excluding hydrogens is 148 g/mol. The molecule has 0 aromatic heterocycles. The molecule has 6 heavy (non-hydrogen) atoms. The highest BCUT2D eigenvalue weighted by atomic mass is 79.9. The summed E-state index contributed by atoms with van der Waals surface area (Å²) in [6, 6.07) is 0. The zero-order valence-corrected chi connectivity index (χ0v) is 4.47. The largest absolute Gasteiger partial charge is 0.514 e. The molecule has 0 atom stereocenters. The fourth-order valence-electron chi connectivity index (χ4n) is 0.0304. The molecule has 34 valence electrons. The van der Waals surface area contributed by atoms with E-state index in [0.717, 1.165) is 0 Å². The normalized spacial score (nSPS) is 11.2. The lowest BCUT2D eigenvalue weighted by Gasteiger charge is -1.70. The van der Waals surface area contributed by atoms with Gasteiger partial charge in [0, 0.05) is 0 Å². The van der Waals surface area contributed by atoms with Crippen molar-refractivity contribution in [2.24, 2.45) is 0 Å². The van der Waals surface area contributed by atoms with Crippen LogP contribution in [-0.4, -0.2) is 11.4 Å². The maximum Gasteiger partial charge on any atom is 0.160 e. The molecule has 0 aliphatic rings. The first-order valence-electron chi connectivity index (χ1n) is 1.26. The summed E-state index contributed by atoms with van der Waals surface area (Å²) >= 11 is 2.72. The second-order valence-electron chi connectivity index (χ2n) is 0.632. The molecule has 0 amide bonds. The second-order valence-corrected chi connectivity index (χ2v) is 1.55. The number of rotatable bonds is 1. The van der Waals surface area contributed by atoms with E-state index >= 15 is 0 Å². The van der Waals surface area contributed by atoms with Crippen LogP contribution in [0.1, 0.15) is 0 Å². The first-order chi connectivity index (χ1) is 2.81. The summed E-state index contributed by atoms with van der Waals surface area (Å²) < 4.78 is 0.155. The Labute approximate surface area is 43.6 Å². The van der Waals surface area contributed by atoms with Crippen LogP contribution >= 0.6 is 15.9 Å². The van der Waals surface area contributed by atoms with E-state index in [-0.39, 0.29) is 4.48 Å². The maximum atomic E-state index is 9.46. The lowest BCUT2D eigenvalue weighted by molar-refractivity contribution is -0.104. The van der Waals surface area contributed by atoms with Gasteiger partial charge in [-0.25, -0.2) is 0 Å². The minimum Gasteiger partial charge on any atom is -0.514 e. The van der Waals surface area contributed by atoms with Crippen molar-refractivity contribution in [1.29, 1.82) is 0 Å². The summed E-state index contributed by atoms with van der Waals surface area (Å²) in [5.41, 5.74) is 0. The number of hydrogen-bond acceptors (Lipinski definition) is 2. The predicted octanol–water partition coefficient (Wildman–Crippen LogP) is 0.980. The summed E-state index contributed by atoms with van der Waals surface area (Å²) in [5, 5.41) is 7.89. The van der Waals surface area contributed by atoms with Gasteiger partial charge in [0.05, 0.1) is 10.7 Å². The van der Waals surface area contributed by atoms with Crippen LogP contribution in [0.5, 0.6) is 0 Å². The first kappa shape index (κ1) is 5.69. The van der Waals surface area contributed by atoms with Gasteiger partial charge in [0.25, 0.3) is 0 Å². The Morgan fingerprint density at radius 3 is 2.33 bits per heavy atom. The third-order valence-electron chi connectivity index (χ3n) is 0.236. The Morgan fingerprint density at radius 2 is 2.33 bits per heavy atom. The minimum absolute atomic E-state index is 0.155. The summed E-state index contributed by atoms with van der Waals surface area (Å²) in [4.78, 5) is 9.46. The third kappa shape index (κ3) is 1.96. The molecule has 0 bridgehead atoms. The average Bonchev–Trinajstić information content (AvgIpc) is 1.65. The number of halogens is 1. The van der Waals surface area contributed by atoms with E-state index in [1.165, 1.54) is 0 Å². The standard InChI is InChI=1S/C3H3BrO2/c4-3(1-5)2-6/h1-2,5H/b3-1-. The number of carbonyl (C=O) groups is 1. The molecule has 1 N–H and O–H groups in total. The van der Waals surface area contributed by atoms with Crippen molar-refractivity contribution in [1.82, 2.24) is 0 Å². The van der Waals surface area contributed by atoms with E-state index in [2.05, 4.69) is 15.9 Å². The molecular formula is C3H3BrO2. The molecule has 0 unspecified atom stereocenters. The second kappa shape index (κ2) is 2.90. The van der Waals surface area contributed by atoms with Crippen LogP contribution in [0.2, 0.25) is 0 Å². The highest BCUT2D eigenvalue weighted by molar-refractivity contribution is 9.12. The van der Waals surface area contributed by atoms with Gasteiger partial charge in [-0.2, -0.15) is 0 Å². The van der Waals surface area contributed by atoms with Crippen LogP contribution in [0.4, 0.5) is 0 Å². The van der Waals surface area contributed by atoms with Gasteiger partial charge in [-0.05, 0) is 15.9 Å². The van der Waals surface area contributed by atoms with Gasteiger partial charge in [-0.15, -0.1) is 0 Å². The third-order valence-corrected chi connectivity index (χ3v) is 0.628. The number of hydrogen-bond donors (Lipinski definition) is 1. The lowest BCUT2D eigenvalue weighted by Crippen LogP contribution is -1.66. The molecule has 0 saturated heterocycles. The van der Waals surface area contributed by atoms with E-state index in [0.29, 0.717) is 12.5 Å². The summed E-state index contributed by atoms with van der Waals surface area (Å²) in [6.45, 7) is 0. The molecule has 0 spiro atoms. The minimum atomic E-state index is 0.155. The van der Waals surface area contributed by atoms with Crippen molar-refractivity contribution in [3.8, 4) is 0 Å². The van der Waals surface area contributed by atoms with Crippen molar-refractivity contribution in [3.63, 3.8) is 0 Å². The van der Waals surface area contributed by atoms with E-state index < -0.39 is 0 Å². The molecule has 3 heteroatoms. The smallest absolute Gasteiger partial charge is 0.160 e. The monoisotopic (exact) mass is 150 g/mol. The molecule has 0 aliphatic heterocycles. The van der Waals surface area contributed by atoms with Crippen molar-refractivity contribution < 1.29 is 9.90 Å². The van der Waals surface area contributed by atoms with Gasteiger partial charge in [-0.3, -0.25) is 4.79 Å². The number of allylic oxidation sites excluding steroid dienone is 1. The van der Waals surface area contributed by atoms with E-state index in [1.54, 1.807) is 0 Å². The van der Waals surface area contributed by atoms with Crippen LogP contribution in [0.15, 0.2) is 10.7 Å². The first-order valence-corrected chi connectivity index (χ1v) is 2.05. The molecule has 0 rings (SSSR count). The van der Waals surface area contributed by atoms with Crippen LogP contribution in [0, 0.1) is 0 Å². The van der Waals surface area contributed by atoms with Crippen molar-refractivity contribution in [3.05, 3.63) is 10.7 Å². The summed E-state index contributed by atoms with van der Waals surface area (Å²) in [5.74, 6) is 0. The van der Waals surface area contributed by atoms with Gasteiger partial charge >= 0.3 is 0 Å². The highest BCUT2D eigenvalue weighted by Crippen LogP contribution is 1.95. The van der Waals surface area contributed by atoms with Crippen molar-refractivity contribution in [2.75, 3.05) is 0 Å². The van der Waals surface area contributed by atoms with Crippen LogP contribution < -0.4 is 0 Å². The Hall–Kier alpha value is -0.310. The Bertz CT molecular complexity index is 76.9. The zero-order valence-electron chi connectivity index (χ0n) is 2.89. The van der Waals surface area contributed by atoms with Gasteiger partial charge in [-0.1, -0.05) is 0 Å².